The minimum atomic E-state index is -3.92. The minimum absolute atomic E-state index is 0.0282. The van der Waals surface area contributed by atoms with Crippen LogP contribution >= 0.6 is 0 Å². The van der Waals surface area contributed by atoms with Crippen LogP contribution in [0.1, 0.15) is 20.3 Å². The molecule has 0 bridgehead atoms. The number of methoxy groups -OCH3 is 1. The van der Waals surface area contributed by atoms with Crippen molar-refractivity contribution < 1.29 is 23.1 Å². The Morgan fingerprint density at radius 2 is 2.05 bits per heavy atom. The third kappa shape index (κ3) is 3.26. The molecule has 6 heteroatoms. The molecule has 19 heavy (non-hydrogen) atoms. The van der Waals surface area contributed by atoms with E-state index < -0.39 is 27.0 Å². The molecule has 2 unspecified atom stereocenters. The first kappa shape index (κ1) is 15.5. The monoisotopic (exact) mass is 286 g/mol. The van der Waals surface area contributed by atoms with Crippen molar-refractivity contribution in [3.8, 4) is 5.75 Å². The predicted octanol–water partition coefficient (Wildman–Crippen LogP) is 1.97. The molecule has 0 heterocycles. The fourth-order valence-electron chi connectivity index (χ4n) is 1.82. The summed E-state index contributed by atoms with van der Waals surface area (Å²) in [6.45, 7) is 3.39. The summed E-state index contributed by atoms with van der Waals surface area (Å²) in [5, 5.41) is 7.75. The van der Waals surface area contributed by atoms with Crippen LogP contribution in [0.25, 0.3) is 0 Å². The van der Waals surface area contributed by atoms with Gasteiger partial charge in [-0.2, -0.15) is 0 Å². The van der Waals surface area contributed by atoms with Gasteiger partial charge in [0.05, 0.1) is 12.0 Å². The zero-order valence-corrected chi connectivity index (χ0v) is 12.0. The van der Waals surface area contributed by atoms with Crippen LogP contribution in [-0.2, 0) is 14.6 Å². The quantitative estimate of drug-likeness (QED) is 0.864. The SMILES string of the molecule is CCC(C)C(C(=O)O)S(=O)(=O)c1cccc(OC)c1. The second kappa shape index (κ2) is 6.06. The lowest BCUT2D eigenvalue weighted by atomic mass is 10.1. The van der Waals surface area contributed by atoms with E-state index in [1.807, 2.05) is 0 Å². The van der Waals surface area contributed by atoms with Crippen LogP contribution in [0.5, 0.6) is 5.75 Å². The summed E-state index contributed by atoms with van der Waals surface area (Å²) in [4.78, 5) is 11.2. The van der Waals surface area contributed by atoms with Gasteiger partial charge in [0.2, 0.25) is 0 Å². The molecule has 0 aromatic heterocycles. The molecule has 0 saturated heterocycles. The molecule has 2 atom stereocenters. The maximum atomic E-state index is 12.4. The van der Waals surface area contributed by atoms with Gasteiger partial charge in [0.15, 0.2) is 15.1 Å². The van der Waals surface area contributed by atoms with E-state index in [4.69, 9.17) is 4.74 Å². The molecule has 0 amide bonds. The van der Waals surface area contributed by atoms with Crippen LogP contribution in [0.15, 0.2) is 29.2 Å². The van der Waals surface area contributed by atoms with Gasteiger partial charge in [0.1, 0.15) is 5.75 Å². The number of carbonyl (C=O) groups is 1. The number of sulfone groups is 1. The van der Waals surface area contributed by atoms with Crippen molar-refractivity contribution in [3.63, 3.8) is 0 Å². The van der Waals surface area contributed by atoms with Gasteiger partial charge < -0.3 is 9.84 Å². The van der Waals surface area contributed by atoms with Gasteiger partial charge in [-0.1, -0.05) is 26.3 Å². The topological polar surface area (TPSA) is 80.7 Å². The Bertz CT molecular complexity index is 550. The van der Waals surface area contributed by atoms with E-state index in [0.717, 1.165) is 0 Å². The van der Waals surface area contributed by atoms with Crippen molar-refractivity contribution in [1.29, 1.82) is 0 Å². The van der Waals surface area contributed by atoms with Gasteiger partial charge >= 0.3 is 5.97 Å². The van der Waals surface area contributed by atoms with E-state index in [0.29, 0.717) is 12.2 Å². The molecule has 0 aliphatic heterocycles. The number of ether oxygens (including phenoxy) is 1. The van der Waals surface area contributed by atoms with Crippen molar-refractivity contribution in [2.24, 2.45) is 5.92 Å². The second-order valence-corrected chi connectivity index (χ2v) is 6.44. The third-order valence-corrected chi connectivity index (χ3v) is 5.35. The van der Waals surface area contributed by atoms with Crippen molar-refractivity contribution in [2.45, 2.75) is 30.4 Å². The van der Waals surface area contributed by atoms with Gasteiger partial charge in [-0.3, -0.25) is 4.79 Å². The highest BCUT2D eigenvalue weighted by atomic mass is 32.2. The summed E-state index contributed by atoms with van der Waals surface area (Å²) in [5.74, 6) is -1.40. The summed E-state index contributed by atoms with van der Waals surface area (Å²) in [5.41, 5.74) is 0. The van der Waals surface area contributed by atoms with Crippen molar-refractivity contribution in [1.82, 2.24) is 0 Å². The lowest BCUT2D eigenvalue weighted by Gasteiger charge is -2.19. The Morgan fingerprint density at radius 3 is 2.53 bits per heavy atom. The highest BCUT2D eigenvalue weighted by Crippen LogP contribution is 2.26. The number of rotatable bonds is 6. The summed E-state index contributed by atoms with van der Waals surface area (Å²) >= 11 is 0. The van der Waals surface area contributed by atoms with E-state index >= 15 is 0 Å². The molecule has 0 aliphatic carbocycles. The summed E-state index contributed by atoms with van der Waals surface area (Å²) in [6.07, 6.45) is 0.472. The fraction of sp³-hybridized carbons (Fsp3) is 0.462. The van der Waals surface area contributed by atoms with Gasteiger partial charge in [-0.15, -0.1) is 0 Å². The molecule has 0 radical (unpaired) electrons. The van der Waals surface area contributed by atoms with E-state index in [1.54, 1.807) is 19.9 Å². The van der Waals surface area contributed by atoms with Crippen LogP contribution in [0.2, 0.25) is 0 Å². The fourth-order valence-corrected chi connectivity index (χ4v) is 3.73. The molecule has 1 rings (SSSR count). The zero-order valence-electron chi connectivity index (χ0n) is 11.2. The normalized spacial score (nSPS) is 14.7. The van der Waals surface area contributed by atoms with Crippen LogP contribution in [0, 0.1) is 5.92 Å². The molecule has 106 valence electrons. The Kier molecular flexibility index (Phi) is 4.94. The Labute approximate surface area is 113 Å². The van der Waals surface area contributed by atoms with E-state index in [2.05, 4.69) is 0 Å². The average molecular weight is 286 g/mol. The number of carboxylic acid groups (broad SMARTS) is 1. The summed E-state index contributed by atoms with van der Waals surface area (Å²) in [7, 11) is -2.50. The number of hydrogen-bond acceptors (Lipinski definition) is 4. The molecule has 5 nitrogen and oxygen atoms in total. The Morgan fingerprint density at radius 1 is 1.42 bits per heavy atom. The third-order valence-electron chi connectivity index (χ3n) is 3.11. The molecular formula is C13H18O5S. The van der Waals surface area contributed by atoms with Crippen LogP contribution in [0.3, 0.4) is 0 Å². The summed E-state index contributed by atoms with van der Waals surface area (Å²) in [6, 6.07) is 5.86. The zero-order chi connectivity index (χ0) is 14.6. The standard InChI is InChI=1S/C13H18O5S/c1-4-9(2)12(13(14)15)19(16,17)11-7-5-6-10(8-11)18-3/h5-9,12H,4H2,1-3H3,(H,14,15). The maximum absolute atomic E-state index is 12.4. The minimum Gasteiger partial charge on any atom is -0.497 e. The molecule has 1 N–H and O–H groups in total. The van der Waals surface area contributed by atoms with Crippen molar-refractivity contribution in [3.05, 3.63) is 24.3 Å². The molecule has 1 aromatic rings. The first-order valence-corrected chi connectivity index (χ1v) is 7.50. The van der Waals surface area contributed by atoms with Gasteiger partial charge in [-0.05, 0) is 24.1 Å². The van der Waals surface area contributed by atoms with Crippen molar-refractivity contribution in [2.75, 3.05) is 7.11 Å². The molecular weight excluding hydrogens is 268 g/mol. The first-order valence-electron chi connectivity index (χ1n) is 5.95. The Balaban J connectivity index is 3.30. The van der Waals surface area contributed by atoms with Crippen molar-refractivity contribution >= 4 is 15.8 Å². The summed E-state index contributed by atoms with van der Waals surface area (Å²) < 4.78 is 29.8. The molecule has 0 fully saturated rings. The second-order valence-electron chi connectivity index (χ2n) is 4.37. The largest absolute Gasteiger partial charge is 0.497 e. The lowest BCUT2D eigenvalue weighted by Crippen LogP contribution is -2.36. The number of carboxylic acids is 1. The lowest BCUT2D eigenvalue weighted by molar-refractivity contribution is -0.137. The molecule has 0 aliphatic rings. The van der Waals surface area contributed by atoms with Gasteiger partial charge in [0.25, 0.3) is 0 Å². The highest BCUT2D eigenvalue weighted by molar-refractivity contribution is 7.92. The number of aliphatic carboxylic acids is 1. The van der Waals surface area contributed by atoms with Crippen LogP contribution in [-0.4, -0.2) is 31.9 Å². The number of hydrogen-bond donors (Lipinski definition) is 1. The van der Waals surface area contributed by atoms with Gasteiger partial charge in [-0.25, -0.2) is 8.42 Å². The Hall–Kier alpha value is -1.56. The highest BCUT2D eigenvalue weighted by Gasteiger charge is 2.37. The maximum Gasteiger partial charge on any atom is 0.322 e. The molecule has 0 spiro atoms. The van der Waals surface area contributed by atoms with Crippen LogP contribution in [0.4, 0.5) is 0 Å². The van der Waals surface area contributed by atoms with Gasteiger partial charge in [0, 0.05) is 0 Å². The first-order chi connectivity index (χ1) is 8.84. The van der Waals surface area contributed by atoms with E-state index in [-0.39, 0.29) is 4.90 Å². The molecule has 0 saturated carbocycles. The smallest absolute Gasteiger partial charge is 0.322 e. The number of benzene rings is 1. The van der Waals surface area contributed by atoms with E-state index in [9.17, 15) is 18.3 Å². The molecule has 1 aromatic carbocycles. The average Bonchev–Trinajstić information content (AvgIpc) is 2.37. The van der Waals surface area contributed by atoms with E-state index in [1.165, 1.54) is 25.3 Å². The predicted molar refractivity (Wildman–Crippen MR) is 71.1 cm³/mol. The van der Waals surface area contributed by atoms with Crippen LogP contribution < -0.4 is 4.74 Å².